The van der Waals surface area contributed by atoms with E-state index in [0.717, 1.165) is 0 Å². The van der Waals surface area contributed by atoms with E-state index in [2.05, 4.69) is 25.9 Å². The van der Waals surface area contributed by atoms with E-state index in [9.17, 15) is 29.4 Å². The molecular weight excluding hydrogens is 454 g/mol. The Bertz CT molecular complexity index is 995. The predicted molar refractivity (Wildman–Crippen MR) is 119 cm³/mol. The highest BCUT2D eigenvalue weighted by molar-refractivity contribution is 6.32. The molecule has 33 heavy (non-hydrogen) atoms. The zero-order valence-electron chi connectivity index (χ0n) is 18.1. The SMILES string of the molecule is CC(C)C[C@H](NC(=O)[C@H](Cc1cnc[nH]1)NC(=O)CNC(=O)c1ccc(O)c(Cl)c1)C(=O)O. The Morgan fingerprint density at radius 1 is 1.15 bits per heavy atom. The van der Waals surface area contributed by atoms with Crippen LogP contribution in [0.2, 0.25) is 5.02 Å². The molecule has 6 N–H and O–H groups in total. The van der Waals surface area contributed by atoms with Crippen LogP contribution < -0.4 is 16.0 Å². The summed E-state index contributed by atoms with van der Waals surface area (Å²) in [5.41, 5.74) is 0.685. The van der Waals surface area contributed by atoms with Gasteiger partial charge in [0.05, 0.1) is 17.9 Å². The highest BCUT2D eigenvalue weighted by Gasteiger charge is 2.27. The molecule has 0 aliphatic carbocycles. The number of nitrogens with zero attached hydrogens (tertiary/aromatic N) is 1. The van der Waals surface area contributed by atoms with E-state index in [1.807, 2.05) is 13.8 Å². The molecule has 1 heterocycles. The van der Waals surface area contributed by atoms with Crippen molar-refractivity contribution in [3.8, 4) is 5.75 Å². The normalized spacial score (nSPS) is 12.6. The molecule has 0 bridgehead atoms. The van der Waals surface area contributed by atoms with Gasteiger partial charge in [0, 0.05) is 23.9 Å². The topological polar surface area (TPSA) is 174 Å². The number of nitrogens with one attached hydrogen (secondary N) is 4. The fourth-order valence-corrected chi connectivity index (χ4v) is 3.13. The molecular formula is C21H26ClN5O6. The summed E-state index contributed by atoms with van der Waals surface area (Å²) < 4.78 is 0. The van der Waals surface area contributed by atoms with E-state index in [0.29, 0.717) is 5.69 Å². The van der Waals surface area contributed by atoms with E-state index in [1.54, 1.807) is 0 Å². The maximum atomic E-state index is 12.8. The van der Waals surface area contributed by atoms with Crippen LogP contribution in [0.5, 0.6) is 5.75 Å². The number of aromatic nitrogens is 2. The van der Waals surface area contributed by atoms with E-state index in [-0.39, 0.29) is 35.1 Å². The first kappa shape index (κ1) is 25.7. The molecule has 178 valence electrons. The third-order valence-corrected chi connectivity index (χ3v) is 4.87. The number of aromatic hydroxyl groups is 1. The lowest BCUT2D eigenvalue weighted by Crippen LogP contribution is -2.54. The van der Waals surface area contributed by atoms with Gasteiger partial charge in [-0.3, -0.25) is 14.4 Å². The van der Waals surface area contributed by atoms with Gasteiger partial charge in [-0.1, -0.05) is 25.4 Å². The minimum Gasteiger partial charge on any atom is -0.506 e. The van der Waals surface area contributed by atoms with Crippen LogP contribution >= 0.6 is 11.6 Å². The molecule has 0 saturated carbocycles. The van der Waals surface area contributed by atoms with E-state index in [1.165, 1.54) is 30.7 Å². The van der Waals surface area contributed by atoms with Gasteiger partial charge in [-0.25, -0.2) is 9.78 Å². The number of rotatable bonds is 11. The summed E-state index contributed by atoms with van der Waals surface area (Å²) >= 11 is 5.78. The molecule has 0 unspecified atom stereocenters. The summed E-state index contributed by atoms with van der Waals surface area (Å²) in [4.78, 5) is 55.6. The van der Waals surface area contributed by atoms with Crippen molar-refractivity contribution >= 4 is 35.3 Å². The van der Waals surface area contributed by atoms with E-state index in [4.69, 9.17) is 11.6 Å². The Hall–Kier alpha value is -3.60. The zero-order valence-corrected chi connectivity index (χ0v) is 18.8. The Morgan fingerprint density at radius 3 is 2.45 bits per heavy atom. The highest BCUT2D eigenvalue weighted by atomic mass is 35.5. The van der Waals surface area contributed by atoms with Gasteiger partial charge in [0.25, 0.3) is 5.91 Å². The highest BCUT2D eigenvalue weighted by Crippen LogP contribution is 2.23. The second-order valence-electron chi connectivity index (χ2n) is 7.78. The van der Waals surface area contributed by atoms with Crippen molar-refractivity contribution in [3.05, 3.63) is 47.0 Å². The van der Waals surface area contributed by atoms with Gasteiger partial charge >= 0.3 is 5.97 Å². The van der Waals surface area contributed by atoms with Crippen molar-refractivity contribution in [2.24, 2.45) is 5.92 Å². The van der Waals surface area contributed by atoms with Gasteiger partial charge in [-0.2, -0.15) is 0 Å². The molecule has 0 saturated heterocycles. The number of carbonyl (C=O) groups is 4. The third-order valence-electron chi connectivity index (χ3n) is 4.57. The van der Waals surface area contributed by atoms with Gasteiger partial charge in [0.1, 0.15) is 17.8 Å². The van der Waals surface area contributed by atoms with Gasteiger partial charge < -0.3 is 31.1 Å². The Kier molecular flexibility index (Phi) is 9.22. The summed E-state index contributed by atoms with van der Waals surface area (Å²) in [6.45, 7) is 3.21. The van der Waals surface area contributed by atoms with Crippen molar-refractivity contribution in [1.29, 1.82) is 0 Å². The first-order valence-corrected chi connectivity index (χ1v) is 10.5. The van der Waals surface area contributed by atoms with Crippen LogP contribution in [0.3, 0.4) is 0 Å². The predicted octanol–water partition coefficient (Wildman–Crippen LogP) is 0.841. The Labute approximate surface area is 194 Å². The van der Waals surface area contributed by atoms with Crippen molar-refractivity contribution in [2.45, 2.75) is 38.8 Å². The first-order chi connectivity index (χ1) is 15.6. The number of carbonyl (C=O) groups excluding carboxylic acids is 3. The number of carboxylic acids is 1. The molecule has 0 radical (unpaired) electrons. The summed E-state index contributed by atoms with van der Waals surface area (Å²) in [7, 11) is 0. The van der Waals surface area contributed by atoms with Gasteiger partial charge in [0.15, 0.2) is 0 Å². The maximum Gasteiger partial charge on any atom is 0.326 e. The minimum absolute atomic E-state index is 0.0159. The standard InChI is InChI=1S/C21H26ClN5O6/c1-11(2)5-16(21(32)33)27-20(31)15(7-13-8-23-10-25-13)26-18(29)9-24-19(30)12-3-4-17(28)14(22)6-12/h3-4,6,8,10-11,15-16,28H,5,7,9H2,1-2H3,(H,23,25)(H,24,30)(H,26,29)(H,27,31)(H,32,33)/t15-,16-/m0/s1. The lowest BCUT2D eigenvalue weighted by molar-refractivity contribution is -0.142. The lowest BCUT2D eigenvalue weighted by Gasteiger charge is -2.22. The Balaban J connectivity index is 2.03. The number of phenolic OH excluding ortho intramolecular Hbond substituents is 1. The molecule has 1 aromatic heterocycles. The number of aliphatic carboxylic acids is 1. The molecule has 0 spiro atoms. The number of H-pyrrole nitrogens is 1. The number of imidazole rings is 1. The summed E-state index contributed by atoms with van der Waals surface area (Å²) in [6, 6.07) is 1.62. The zero-order chi connectivity index (χ0) is 24.5. The smallest absolute Gasteiger partial charge is 0.326 e. The largest absolute Gasteiger partial charge is 0.506 e. The molecule has 2 rings (SSSR count). The monoisotopic (exact) mass is 479 g/mol. The molecule has 0 aliphatic heterocycles. The van der Waals surface area contributed by atoms with Crippen molar-refractivity contribution < 1.29 is 29.4 Å². The second kappa shape index (κ2) is 11.9. The Morgan fingerprint density at radius 2 is 1.88 bits per heavy atom. The van der Waals surface area contributed by atoms with Gasteiger partial charge in [-0.05, 0) is 30.5 Å². The molecule has 0 aliphatic rings. The van der Waals surface area contributed by atoms with Crippen LogP contribution in [-0.2, 0) is 20.8 Å². The van der Waals surface area contributed by atoms with Crippen LogP contribution in [0.1, 0.15) is 36.3 Å². The van der Waals surface area contributed by atoms with Crippen LogP contribution in [0, 0.1) is 5.92 Å². The van der Waals surface area contributed by atoms with E-state index < -0.39 is 42.3 Å². The number of hydrogen-bond donors (Lipinski definition) is 6. The lowest BCUT2D eigenvalue weighted by atomic mass is 10.0. The quantitative estimate of drug-likeness (QED) is 0.277. The molecule has 0 fully saturated rings. The van der Waals surface area contributed by atoms with E-state index >= 15 is 0 Å². The molecule has 2 aromatic rings. The van der Waals surface area contributed by atoms with Gasteiger partial charge in [-0.15, -0.1) is 0 Å². The second-order valence-corrected chi connectivity index (χ2v) is 8.19. The number of carboxylic acid groups (broad SMARTS) is 1. The molecule has 2 atom stereocenters. The minimum atomic E-state index is -1.18. The number of phenols is 1. The molecule has 1 aromatic carbocycles. The number of benzene rings is 1. The average Bonchev–Trinajstić information content (AvgIpc) is 3.25. The van der Waals surface area contributed by atoms with Gasteiger partial charge in [0.2, 0.25) is 11.8 Å². The molecule has 12 heteroatoms. The van der Waals surface area contributed by atoms with Crippen LogP contribution in [-0.4, -0.2) is 62.5 Å². The third kappa shape index (κ3) is 8.11. The number of hydrogen-bond acceptors (Lipinski definition) is 6. The van der Waals surface area contributed by atoms with Crippen LogP contribution in [0.25, 0.3) is 0 Å². The first-order valence-electron chi connectivity index (χ1n) is 10.1. The van der Waals surface area contributed by atoms with Crippen molar-refractivity contribution in [1.82, 2.24) is 25.9 Å². The summed E-state index contributed by atoms with van der Waals surface area (Å²) in [6.07, 6.45) is 3.14. The summed E-state index contributed by atoms with van der Waals surface area (Å²) in [5.74, 6) is -3.29. The van der Waals surface area contributed by atoms with Crippen LogP contribution in [0.4, 0.5) is 0 Å². The fourth-order valence-electron chi connectivity index (χ4n) is 2.95. The van der Waals surface area contributed by atoms with Crippen LogP contribution in [0.15, 0.2) is 30.7 Å². The number of aromatic amines is 1. The van der Waals surface area contributed by atoms with Crippen molar-refractivity contribution in [2.75, 3.05) is 6.54 Å². The fraction of sp³-hybridized carbons (Fsp3) is 0.381. The summed E-state index contributed by atoms with van der Waals surface area (Å²) in [5, 5.41) is 26.2. The number of amides is 3. The molecule has 11 nitrogen and oxygen atoms in total. The average molecular weight is 480 g/mol. The number of halogens is 1. The maximum absolute atomic E-state index is 12.8. The molecule has 3 amide bonds. The van der Waals surface area contributed by atoms with Crippen molar-refractivity contribution in [3.63, 3.8) is 0 Å².